The number of phenolic OH excluding ortho intramolecular Hbond substituents is 1. The minimum Gasteiger partial charge on any atom is -0.508 e. The lowest BCUT2D eigenvalue weighted by atomic mass is 10.1. The van der Waals surface area contributed by atoms with Gasteiger partial charge in [0.15, 0.2) is 0 Å². The van der Waals surface area contributed by atoms with Crippen LogP contribution in [0.25, 0.3) is 6.08 Å². The second-order valence-electron chi connectivity index (χ2n) is 3.01. The van der Waals surface area contributed by atoms with Crippen molar-refractivity contribution in [2.45, 2.75) is 6.92 Å². The predicted octanol–water partition coefficient (Wildman–Crippen LogP) is 1.98. The van der Waals surface area contributed by atoms with Gasteiger partial charge in [0.2, 0.25) is 0 Å². The highest BCUT2D eigenvalue weighted by atomic mass is 16.5. The molecule has 1 rings (SSSR count). The van der Waals surface area contributed by atoms with Crippen LogP contribution in [0.15, 0.2) is 24.3 Å². The molecule has 0 fully saturated rings. The van der Waals surface area contributed by atoms with Crippen LogP contribution in [0.3, 0.4) is 0 Å². The Morgan fingerprint density at radius 3 is 2.88 bits per heavy atom. The van der Waals surface area contributed by atoms with Crippen molar-refractivity contribution in [2.75, 3.05) is 13.7 Å². The summed E-state index contributed by atoms with van der Waals surface area (Å²) in [5, 5.41) is 9.30. The third-order valence-electron chi connectivity index (χ3n) is 1.90. The van der Waals surface area contributed by atoms with Crippen molar-refractivity contribution >= 4 is 12.0 Å². The Morgan fingerprint density at radius 2 is 2.25 bits per heavy atom. The lowest BCUT2D eigenvalue weighted by molar-refractivity contribution is -0.137. The molecule has 1 aromatic carbocycles. The Hall–Kier alpha value is -1.97. The molecule has 0 radical (unpaired) electrons. The van der Waals surface area contributed by atoms with Crippen LogP contribution in [0, 0.1) is 0 Å². The summed E-state index contributed by atoms with van der Waals surface area (Å²) in [6, 6.07) is 4.65. The minimum absolute atomic E-state index is 0.115. The molecule has 86 valence electrons. The summed E-state index contributed by atoms with van der Waals surface area (Å²) >= 11 is 0. The number of rotatable bonds is 4. The Kier molecular flexibility index (Phi) is 4.39. The van der Waals surface area contributed by atoms with Gasteiger partial charge < -0.3 is 14.6 Å². The van der Waals surface area contributed by atoms with Gasteiger partial charge in [0.1, 0.15) is 11.5 Å². The molecule has 0 aliphatic heterocycles. The number of hydrogen-bond donors (Lipinski definition) is 1. The van der Waals surface area contributed by atoms with Crippen molar-refractivity contribution in [3.8, 4) is 11.5 Å². The molecule has 0 saturated heterocycles. The van der Waals surface area contributed by atoms with Crippen LogP contribution in [0.2, 0.25) is 0 Å². The van der Waals surface area contributed by atoms with Gasteiger partial charge in [-0.1, -0.05) is 0 Å². The van der Waals surface area contributed by atoms with Crippen molar-refractivity contribution in [1.29, 1.82) is 0 Å². The molecule has 16 heavy (non-hydrogen) atoms. The molecule has 4 nitrogen and oxygen atoms in total. The summed E-state index contributed by atoms with van der Waals surface area (Å²) in [5.41, 5.74) is 0.621. The number of esters is 1. The fraction of sp³-hybridized carbons (Fsp3) is 0.250. The fourth-order valence-corrected chi connectivity index (χ4v) is 1.20. The molecular formula is C12H14O4. The van der Waals surface area contributed by atoms with E-state index in [0.29, 0.717) is 17.9 Å². The average molecular weight is 222 g/mol. The average Bonchev–Trinajstić information content (AvgIpc) is 2.27. The Balaban J connectivity index is 2.86. The van der Waals surface area contributed by atoms with Gasteiger partial charge in [-0.3, -0.25) is 0 Å². The molecule has 0 aliphatic carbocycles. The highest BCUT2D eigenvalue weighted by Gasteiger charge is 2.01. The number of phenols is 1. The van der Waals surface area contributed by atoms with Gasteiger partial charge in [0.25, 0.3) is 0 Å². The van der Waals surface area contributed by atoms with E-state index in [2.05, 4.69) is 0 Å². The monoisotopic (exact) mass is 222 g/mol. The van der Waals surface area contributed by atoms with E-state index < -0.39 is 5.97 Å². The molecule has 0 aliphatic rings. The van der Waals surface area contributed by atoms with Crippen molar-refractivity contribution in [2.24, 2.45) is 0 Å². The first-order valence-corrected chi connectivity index (χ1v) is 4.89. The topological polar surface area (TPSA) is 55.8 Å². The zero-order valence-electron chi connectivity index (χ0n) is 9.27. The largest absolute Gasteiger partial charge is 0.508 e. The predicted molar refractivity (Wildman–Crippen MR) is 60.3 cm³/mol. The number of benzene rings is 1. The number of methoxy groups -OCH3 is 1. The van der Waals surface area contributed by atoms with Gasteiger partial charge in [-0.25, -0.2) is 4.79 Å². The van der Waals surface area contributed by atoms with E-state index in [9.17, 15) is 9.90 Å². The SMILES string of the molecule is CCOC(=O)/C=C/c1cc(O)ccc1OC. The van der Waals surface area contributed by atoms with Crippen LogP contribution >= 0.6 is 0 Å². The van der Waals surface area contributed by atoms with E-state index in [1.54, 1.807) is 13.0 Å². The van der Waals surface area contributed by atoms with Crippen LogP contribution in [0.1, 0.15) is 12.5 Å². The summed E-state index contributed by atoms with van der Waals surface area (Å²) in [6.45, 7) is 2.07. The van der Waals surface area contributed by atoms with Crippen LogP contribution in [-0.2, 0) is 9.53 Å². The van der Waals surface area contributed by atoms with Gasteiger partial charge >= 0.3 is 5.97 Å². The van der Waals surface area contributed by atoms with E-state index in [1.165, 1.54) is 31.4 Å². The van der Waals surface area contributed by atoms with E-state index in [1.807, 2.05) is 0 Å². The normalized spacial score (nSPS) is 10.4. The van der Waals surface area contributed by atoms with E-state index in [0.717, 1.165) is 0 Å². The number of hydrogen-bond acceptors (Lipinski definition) is 4. The number of carbonyl (C=O) groups excluding carboxylic acids is 1. The summed E-state index contributed by atoms with van der Waals surface area (Å²) in [6.07, 6.45) is 2.83. The second kappa shape index (κ2) is 5.80. The highest BCUT2D eigenvalue weighted by Crippen LogP contribution is 2.24. The zero-order chi connectivity index (χ0) is 12.0. The molecule has 0 bridgehead atoms. The van der Waals surface area contributed by atoms with Crippen molar-refractivity contribution in [3.05, 3.63) is 29.8 Å². The van der Waals surface area contributed by atoms with Crippen molar-refractivity contribution in [3.63, 3.8) is 0 Å². The Bertz CT molecular complexity index is 396. The molecule has 0 atom stereocenters. The molecule has 1 N–H and O–H groups in total. The third kappa shape index (κ3) is 3.31. The third-order valence-corrected chi connectivity index (χ3v) is 1.90. The van der Waals surface area contributed by atoms with Gasteiger partial charge in [-0.15, -0.1) is 0 Å². The maximum Gasteiger partial charge on any atom is 0.330 e. The van der Waals surface area contributed by atoms with E-state index in [4.69, 9.17) is 9.47 Å². The van der Waals surface area contributed by atoms with Crippen molar-refractivity contribution < 1.29 is 19.4 Å². The van der Waals surface area contributed by atoms with Gasteiger partial charge in [0.05, 0.1) is 13.7 Å². The molecular weight excluding hydrogens is 208 g/mol. The lowest BCUT2D eigenvalue weighted by Gasteiger charge is -2.04. The van der Waals surface area contributed by atoms with Crippen LogP contribution in [0.4, 0.5) is 0 Å². The highest BCUT2D eigenvalue weighted by molar-refractivity contribution is 5.87. The summed E-state index contributed by atoms with van der Waals surface area (Å²) in [4.78, 5) is 11.1. The first-order chi connectivity index (χ1) is 7.67. The minimum atomic E-state index is -0.423. The summed E-state index contributed by atoms with van der Waals surface area (Å²) in [5.74, 6) is 0.274. The van der Waals surface area contributed by atoms with Gasteiger partial charge in [-0.2, -0.15) is 0 Å². The number of carbonyl (C=O) groups is 1. The molecule has 0 saturated carbocycles. The van der Waals surface area contributed by atoms with Crippen LogP contribution < -0.4 is 4.74 Å². The van der Waals surface area contributed by atoms with Crippen LogP contribution in [-0.4, -0.2) is 24.8 Å². The first kappa shape index (κ1) is 12.1. The smallest absolute Gasteiger partial charge is 0.330 e. The molecule has 1 aromatic rings. The molecule has 0 spiro atoms. The number of aromatic hydroxyl groups is 1. The molecule has 0 amide bonds. The van der Waals surface area contributed by atoms with Crippen molar-refractivity contribution in [1.82, 2.24) is 0 Å². The van der Waals surface area contributed by atoms with E-state index >= 15 is 0 Å². The number of ether oxygens (including phenoxy) is 2. The summed E-state index contributed by atoms with van der Waals surface area (Å²) in [7, 11) is 1.52. The van der Waals surface area contributed by atoms with Gasteiger partial charge in [-0.05, 0) is 31.2 Å². The fourth-order valence-electron chi connectivity index (χ4n) is 1.20. The molecule has 0 unspecified atom stereocenters. The van der Waals surface area contributed by atoms with Gasteiger partial charge in [0, 0.05) is 11.6 Å². The summed E-state index contributed by atoms with van der Waals surface area (Å²) < 4.78 is 9.82. The first-order valence-electron chi connectivity index (χ1n) is 4.89. The maximum absolute atomic E-state index is 11.1. The zero-order valence-corrected chi connectivity index (χ0v) is 9.27. The second-order valence-corrected chi connectivity index (χ2v) is 3.01. The molecule has 0 aromatic heterocycles. The maximum atomic E-state index is 11.1. The lowest BCUT2D eigenvalue weighted by Crippen LogP contribution is -1.98. The quantitative estimate of drug-likeness (QED) is 0.625. The molecule has 0 heterocycles. The van der Waals surface area contributed by atoms with Crippen LogP contribution in [0.5, 0.6) is 11.5 Å². The standard InChI is InChI=1S/C12H14O4/c1-3-16-12(14)7-4-9-8-10(13)5-6-11(9)15-2/h4-8,13H,3H2,1-2H3/b7-4+. The Labute approximate surface area is 94.1 Å². The van der Waals surface area contributed by atoms with E-state index in [-0.39, 0.29) is 5.75 Å². The molecule has 4 heteroatoms. The Morgan fingerprint density at radius 1 is 1.50 bits per heavy atom.